The Morgan fingerprint density at radius 1 is 0.833 bits per heavy atom. The maximum Gasteiger partial charge on any atom is 0.255 e. The molecule has 120 valence electrons. The van der Waals surface area contributed by atoms with Crippen molar-refractivity contribution in [3.63, 3.8) is 0 Å². The third-order valence-electron chi connectivity index (χ3n) is 3.99. The van der Waals surface area contributed by atoms with Gasteiger partial charge < -0.3 is 5.32 Å². The maximum atomic E-state index is 12.5. The lowest BCUT2D eigenvalue weighted by molar-refractivity contribution is 0.102. The topological polar surface area (TPSA) is 29.1 Å². The second kappa shape index (κ2) is 7.02. The van der Waals surface area contributed by atoms with E-state index in [9.17, 15) is 4.79 Å². The number of aryl methyl sites for hydroxylation is 2. The molecule has 0 unspecified atom stereocenters. The van der Waals surface area contributed by atoms with Gasteiger partial charge in [-0.1, -0.05) is 58.4 Å². The quantitative estimate of drug-likeness (QED) is 0.595. The molecule has 0 aliphatic heterocycles. The molecular weight excluding hydrogens is 362 g/mol. The number of amides is 1. The summed E-state index contributed by atoms with van der Waals surface area (Å²) in [6.07, 6.45) is 0. The maximum absolute atomic E-state index is 12.5. The Bertz CT molecular complexity index is 847. The molecule has 2 nitrogen and oxygen atoms in total. The summed E-state index contributed by atoms with van der Waals surface area (Å²) < 4.78 is 1.02. The molecule has 3 aromatic rings. The molecule has 0 atom stereocenters. The van der Waals surface area contributed by atoms with Crippen LogP contribution in [0.1, 0.15) is 21.5 Å². The number of hydrogen-bond donors (Lipinski definition) is 1. The van der Waals surface area contributed by atoms with Crippen LogP contribution in [0.3, 0.4) is 0 Å². The standard InChI is InChI=1S/C21H18BrNO/c1-14-12-19(22)13-15(2)20(14)23-21(24)18-10-8-17(9-11-18)16-6-4-3-5-7-16/h3-13H,1-2H3,(H,23,24). The van der Waals surface area contributed by atoms with Gasteiger partial charge in [0.05, 0.1) is 0 Å². The molecule has 24 heavy (non-hydrogen) atoms. The Kier molecular flexibility index (Phi) is 4.81. The van der Waals surface area contributed by atoms with Gasteiger partial charge in [-0.2, -0.15) is 0 Å². The zero-order valence-corrected chi connectivity index (χ0v) is 15.2. The number of nitrogens with one attached hydrogen (secondary N) is 1. The minimum Gasteiger partial charge on any atom is -0.322 e. The van der Waals surface area contributed by atoms with E-state index >= 15 is 0 Å². The predicted molar refractivity (Wildman–Crippen MR) is 103 cm³/mol. The van der Waals surface area contributed by atoms with Gasteiger partial charge in [0.15, 0.2) is 0 Å². The Morgan fingerprint density at radius 3 is 1.96 bits per heavy atom. The van der Waals surface area contributed by atoms with Gasteiger partial charge in [0.1, 0.15) is 0 Å². The molecular formula is C21H18BrNO. The summed E-state index contributed by atoms with van der Waals surface area (Å²) in [5, 5.41) is 3.02. The van der Waals surface area contributed by atoms with Crippen LogP contribution in [-0.2, 0) is 0 Å². The number of rotatable bonds is 3. The molecule has 0 fully saturated rings. The minimum absolute atomic E-state index is 0.0943. The third kappa shape index (κ3) is 3.57. The molecule has 0 saturated carbocycles. The van der Waals surface area contributed by atoms with Crippen molar-refractivity contribution in [2.45, 2.75) is 13.8 Å². The van der Waals surface area contributed by atoms with Crippen LogP contribution in [0.25, 0.3) is 11.1 Å². The van der Waals surface area contributed by atoms with Crippen LogP contribution in [0, 0.1) is 13.8 Å². The van der Waals surface area contributed by atoms with Gasteiger partial charge in [-0.3, -0.25) is 4.79 Å². The first kappa shape index (κ1) is 16.5. The lowest BCUT2D eigenvalue weighted by Crippen LogP contribution is -2.13. The van der Waals surface area contributed by atoms with Gasteiger partial charge in [-0.15, -0.1) is 0 Å². The van der Waals surface area contributed by atoms with E-state index < -0.39 is 0 Å². The zero-order chi connectivity index (χ0) is 17.1. The number of hydrogen-bond acceptors (Lipinski definition) is 1. The molecule has 3 heteroatoms. The van der Waals surface area contributed by atoms with E-state index in [1.54, 1.807) is 0 Å². The van der Waals surface area contributed by atoms with E-state index in [2.05, 4.69) is 33.4 Å². The van der Waals surface area contributed by atoms with Gasteiger partial charge in [0.25, 0.3) is 5.91 Å². The van der Waals surface area contributed by atoms with Crippen LogP contribution >= 0.6 is 15.9 Å². The zero-order valence-electron chi connectivity index (χ0n) is 13.6. The van der Waals surface area contributed by atoms with E-state index in [4.69, 9.17) is 0 Å². The highest BCUT2D eigenvalue weighted by Crippen LogP contribution is 2.26. The summed E-state index contributed by atoms with van der Waals surface area (Å²) in [6.45, 7) is 3.98. The molecule has 0 spiro atoms. The molecule has 0 heterocycles. The highest BCUT2D eigenvalue weighted by Gasteiger charge is 2.10. The third-order valence-corrected chi connectivity index (χ3v) is 4.45. The number of halogens is 1. The van der Waals surface area contributed by atoms with Crippen LogP contribution in [0.15, 0.2) is 71.2 Å². The summed E-state index contributed by atoms with van der Waals surface area (Å²) in [7, 11) is 0. The van der Waals surface area contributed by atoms with Crippen molar-refractivity contribution in [1.29, 1.82) is 0 Å². The number of benzene rings is 3. The summed E-state index contributed by atoms with van der Waals surface area (Å²) in [4.78, 5) is 12.5. The Labute approximate surface area is 150 Å². The number of carbonyl (C=O) groups is 1. The predicted octanol–water partition coefficient (Wildman–Crippen LogP) is 5.99. The molecule has 0 aliphatic rings. The van der Waals surface area contributed by atoms with Crippen LogP contribution < -0.4 is 5.32 Å². The van der Waals surface area contributed by atoms with E-state index in [1.807, 2.05) is 68.4 Å². The largest absolute Gasteiger partial charge is 0.322 e. The summed E-state index contributed by atoms with van der Waals surface area (Å²) in [5.74, 6) is -0.0943. The van der Waals surface area contributed by atoms with Crippen LogP contribution in [0.5, 0.6) is 0 Å². The number of anilines is 1. The second-order valence-corrected chi connectivity index (χ2v) is 6.73. The monoisotopic (exact) mass is 379 g/mol. The summed E-state index contributed by atoms with van der Waals surface area (Å²) >= 11 is 3.48. The fourth-order valence-corrected chi connectivity index (χ4v) is 3.42. The molecule has 0 bridgehead atoms. The average molecular weight is 380 g/mol. The van der Waals surface area contributed by atoms with Crippen molar-refractivity contribution >= 4 is 27.5 Å². The molecule has 1 N–H and O–H groups in total. The average Bonchev–Trinajstić information content (AvgIpc) is 2.59. The van der Waals surface area contributed by atoms with E-state index in [0.29, 0.717) is 5.56 Å². The summed E-state index contributed by atoms with van der Waals surface area (Å²) in [6, 6.07) is 21.8. The molecule has 3 aromatic carbocycles. The molecule has 0 aliphatic carbocycles. The van der Waals surface area contributed by atoms with E-state index in [0.717, 1.165) is 32.4 Å². The van der Waals surface area contributed by atoms with Gasteiger partial charge in [0.2, 0.25) is 0 Å². The molecule has 0 radical (unpaired) electrons. The Balaban J connectivity index is 1.81. The van der Waals surface area contributed by atoms with Crippen molar-refractivity contribution in [2.75, 3.05) is 5.32 Å². The SMILES string of the molecule is Cc1cc(Br)cc(C)c1NC(=O)c1ccc(-c2ccccc2)cc1. The molecule has 0 saturated heterocycles. The fraction of sp³-hybridized carbons (Fsp3) is 0.0952. The van der Waals surface area contributed by atoms with Crippen LogP contribution in [0.2, 0.25) is 0 Å². The van der Waals surface area contributed by atoms with Gasteiger partial charge in [0, 0.05) is 15.7 Å². The van der Waals surface area contributed by atoms with Gasteiger partial charge >= 0.3 is 0 Å². The lowest BCUT2D eigenvalue weighted by atomic mass is 10.0. The lowest BCUT2D eigenvalue weighted by Gasteiger charge is -2.12. The van der Waals surface area contributed by atoms with E-state index in [1.165, 1.54) is 0 Å². The fourth-order valence-electron chi connectivity index (χ4n) is 2.74. The Morgan fingerprint density at radius 2 is 1.38 bits per heavy atom. The van der Waals surface area contributed by atoms with Crippen molar-refractivity contribution in [1.82, 2.24) is 0 Å². The van der Waals surface area contributed by atoms with Crippen molar-refractivity contribution in [3.8, 4) is 11.1 Å². The highest BCUT2D eigenvalue weighted by molar-refractivity contribution is 9.10. The number of carbonyl (C=O) groups excluding carboxylic acids is 1. The second-order valence-electron chi connectivity index (χ2n) is 5.81. The van der Waals surface area contributed by atoms with Crippen LogP contribution in [-0.4, -0.2) is 5.91 Å². The summed E-state index contributed by atoms with van der Waals surface area (Å²) in [5.41, 5.74) is 5.84. The van der Waals surface area contributed by atoms with E-state index in [-0.39, 0.29) is 5.91 Å². The van der Waals surface area contributed by atoms with Crippen molar-refractivity contribution in [2.24, 2.45) is 0 Å². The minimum atomic E-state index is -0.0943. The first-order chi connectivity index (χ1) is 11.5. The van der Waals surface area contributed by atoms with Crippen molar-refractivity contribution < 1.29 is 4.79 Å². The normalized spacial score (nSPS) is 10.5. The molecule has 0 aromatic heterocycles. The first-order valence-corrected chi connectivity index (χ1v) is 8.57. The molecule has 1 amide bonds. The van der Waals surface area contributed by atoms with Crippen molar-refractivity contribution in [3.05, 3.63) is 87.9 Å². The van der Waals surface area contributed by atoms with Crippen LogP contribution in [0.4, 0.5) is 5.69 Å². The molecule has 3 rings (SSSR count). The first-order valence-electron chi connectivity index (χ1n) is 7.78. The smallest absolute Gasteiger partial charge is 0.255 e. The highest BCUT2D eigenvalue weighted by atomic mass is 79.9. The Hall–Kier alpha value is -2.39. The van der Waals surface area contributed by atoms with Gasteiger partial charge in [-0.25, -0.2) is 0 Å². The van der Waals surface area contributed by atoms with Gasteiger partial charge in [-0.05, 0) is 60.4 Å².